The second-order valence-corrected chi connectivity index (χ2v) is 7.48. The van der Waals surface area contributed by atoms with E-state index < -0.39 is 0 Å². The molecule has 1 aromatic carbocycles. The lowest BCUT2D eigenvalue weighted by molar-refractivity contribution is -0.118. The highest BCUT2D eigenvalue weighted by atomic mass is 32.1. The standard InChI is InChI=1S/C18H22N2O2S/c1-11-4-5-15-16(9-11)23-18(19-15)20-17(21)10-22-14-7-12(2)6-13(3)8-14/h6-8,11H,4-5,9-10H2,1-3H3,(H,19,20,21). The van der Waals surface area contributed by atoms with Gasteiger partial charge in [0.2, 0.25) is 0 Å². The number of hydrogen-bond acceptors (Lipinski definition) is 4. The predicted molar refractivity (Wildman–Crippen MR) is 93.3 cm³/mol. The molecule has 1 aliphatic rings. The molecule has 0 aliphatic heterocycles. The third kappa shape index (κ3) is 4.10. The summed E-state index contributed by atoms with van der Waals surface area (Å²) in [7, 11) is 0. The number of thiazole rings is 1. The zero-order valence-corrected chi connectivity index (χ0v) is 14.6. The Kier molecular flexibility index (Phi) is 4.66. The van der Waals surface area contributed by atoms with Crippen LogP contribution < -0.4 is 10.1 Å². The van der Waals surface area contributed by atoms with Gasteiger partial charge in [0, 0.05) is 4.88 Å². The number of nitrogens with zero attached hydrogens (tertiary/aromatic N) is 1. The minimum atomic E-state index is -0.164. The van der Waals surface area contributed by atoms with Crippen molar-refractivity contribution in [2.24, 2.45) is 5.92 Å². The highest BCUT2D eigenvalue weighted by Gasteiger charge is 2.20. The Balaban J connectivity index is 1.57. The van der Waals surface area contributed by atoms with Crippen LogP contribution in [0.1, 0.15) is 35.0 Å². The van der Waals surface area contributed by atoms with Crippen LogP contribution in [0.5, 0.6) is 5.75 Å². The van der Waals surface area contributed by atoms with E-state index in [1.165, 1.54) is 11.3 Å². The number of nitrogens with one attached hydrogen (secondary N) is 1. The molecule has 1 amide bonds. The summed E-state index contributed by atoms with van der Waals surface area (Å²) in [6, 6.07) is 5.95. The first-order valence-corrected chi connectivity index (χ1v) is 8.81. The Morgan fingerprint density at radius 1 is 1.35 bits per heavy atom. The fourth-order valence-corrected chi connectivity index (χ4v) is 4.10. The molecule has 5 heteroatoms. The molecule has 0 saturated heterocycles. The monoisotopic (exact) mass is 330 g/mol. The molecule has 23 heavy (non-hydrogen) atoms. The Morgan fingerprint density at radius 3 is 2.83 bits per heavy atom. The van der Waals surface area contributed by atoms with Gasteiger partial charge in [0.05, 0.1) is 5.69 Å². The van der Waals surface area contributed by atoms with E-state index in [9.17, 15) is 4.79 Å². The third-order valence-corrected chi connectivity index (χ3v) is 5.03. The average Bonchev–Trinajstić information content (AvgIpc) is 2.85. The first kappa shape index (κ1) is 16.0. The number of hydrogen-bond donors (Lipinski definition) is 1. The van der Waals surface area contributed by atoms with Crippen molar-refractivity contribution in [3.05, 3.63) is 39.9 Å². The molecule has 0 bridgehead atoms. The minimum absolute atomic E-state index is 0.00351. The Morgan fingerprint density at radius 2 is 2.09 bits per heavy atom. The minimum Gasteiger partial charge on any atom is -0.484 e. The second-order valence-electron chi connectivity index (χ2n) is 6.40. The Labute approximate surface area is 140 Å². The SMILES string of the molecule is Cc1cc(C)cc(OCC(=O)Nc2nc3c(s2)CC(C)CC3)c1. The molecular formula is C18H22N2O2S. The van der Waals surface area contributed by atoms with Gasteiger partial charge in [-0.1, -0.05) is 13.0 Å². The van der Waals surface area contributed by atoms with Crippen molar-refractivity contribution in [3.63, 3.8) is 0 Å². The molecule has 0 saturated carbocycles. The zero-order chi connectivity index (χ0) is 16.4. The molecular weight excluding hydrogens is 308 g/mol. The number of amides is 1. The van der Waals surface area contributed by atoms with E-state index >= 15 is 0 Å². The van der Waals surface area contributed by atoms with Crippen molar-refractivity contribution in [1.29, 1.82) is 0 Å². The van der Waals surface area contributed by atoms with Crippen molar-refractivity contribution >= 4 is 22.4 Å². The van der Waals surface area contributed by atoms with Crippen molar-refractivity contribution in [1.82, 2.24) is 4.98 Å². The van der Waals surface area contributed by atoms with E-state index in [0.717, 1.165) is 35.4 Å². The number of benzene rings is 1. The van der Waals surface area contributed by atoms with Crippen LogP contribution in [0.4, 0.5) is 5.13 Å². The van der Waals surface area contributed by atoms with Crippen LogP contribution in [0.15, 0.2) is 18.2 Å². The van der Waals surface area contributed by atoms with E-state index in [2.05, 4.69) is 23.3 Å². The Hall–Kier alpha value is -1.88. The molecule has 1 N–H and O–H groups in total. The molecule has 1 unspecified atom stereocenters. The molecule has 0 fully saturated rings. The summed E-state index contributed by atoms with van der Waals surface area (Å²) in [5.41, 5.74) is 3.41. The summed E-state index contributed by atoms with van der Waals surface area (Å²) in [6.45, 7) is 6.30. The molecule has 0 radical (unpaired) electrons. The van der Waals surface area contributed by atoms with Crippen LogP contribution in [-0.2, 0) is 17.6 Å². The summed E-state index contributed by atoms with van der Waals surface area (Å²) in [5, 5.41) is 3.55. The fourth-order valence-electron chi connectivity index (χ4n) is 2.91. The highest BCUT2D eigenvalue weighted by Crippen LogP contribution is 2.32. The highest BCUT2D eigenvalue weighted by molar-refractivity contribution is 7.15. The molecule has 1 aromatic heterocycles. The van der Waals surface area contributed by atoms with E-state index in [1.54, 1.807) is 11.3 Å². The van der Waals surface area contributed by atoms with Crippen molar-refractivity contribution in [2.75, 3.05) is 11.9 Å². The van der Waals surface area contributed by atoms with Crippen LogP contribution in [0.3, 0.4) is 0 Å². The summed E-state index contributed by atoms with van der Waals surface area (Å²) >= 11 is 1.60. The quantitative estimate of drug-likeness (QED) is 0.925. The van der Waals surface area contributed by atoms with Crippen LogP contribution in [-0.4, -0.2) is 17.5 Å². The molecule has 122 valence electrons. The van der Waals surface area contributed by atoms with Crippen molar-refractivity contribution < 1.29 is 9.53 Å². The summed E-state index contributed by atoms with van der Waals surface area (Å²) in [6.07, 6.45) is 3.27. The average molecular weight is 330 g/mol. The third-order valence-electron chi connectivity index (χ3n) is 4.00. The predicted octanol–water partition coefficient (Wildman–Crippen LogP) is 3.90. The van der Waals surface area contributed by atoms with Crippen LogP contribution in [0.2, 0.25) is 0 Å². The first-order chi connectivity index (χ1) is 11.0. The van der Waals surface area contributed by atoms with Gasteiger partial charge in [-0.15, -0.1) is 11.3 Å². The Bertz CT molecular complexity index is 704. The molecule has 1 atom stereocenters. The number of anilines is 1. The molecule has 2 aromatic rings. The van der Waals surface area contributed by atoms with Gasteiger partial charge >= 0.3 is 0 Å². The topological polar surface area (TPSA) is 51.2 Å². The lowest BCUT2D eigenvalue weighted by Crippen LogP contribution is -2.20. The van der Waals surface area contributed by atoms with Gasteiger partial charge in [-0.3, -0.25) is 10.1 Å². The number of ether oxygens (including phenoxy) is 1. The van der Waals surface area contributed by atoms with Crippen molar-refractivity contribution in [3.8, 4) is 5.75 Å². The number of fused-ring (bicyclic) bond motifs is 1. The van der Waals surface area contributed by atoms with Gasteiger partial charge < -0.3 is 4.74 Å². The maximum atomic E-state index is 12.1. The number of rotatable bonds is 4. The van der Waals surface area contributed by atoms with Gasteiger partial charge in [0.25, 0.3) is 5.91 Å². The lowest BCUT2D eigenvalue weighted by Gasteiger charge is -2.15. The number of carbonyl (C=O) groups excluding carboxylic acids is 1. The zero-order valence-electron chi connectivity index (χ0n) is 13.8. The molecule has 0 spiro atoms. The van der Waals surface area contributed by atoms with E-state index in [1.807, 2.05) is 26.0 Å². The van der Waals surface area contributed by atoms with Gasteiger partial charge in [-0.05, 0) is 62.3 Å². The molecule has 1 heterocycles. The van der Waals surface area contributed by atoms with Crippen LogP contribution in [0.25, 0.3) is 0 Å². The normalized spacial score (nSPS) is 16.7. The van der Waals surface area contributed by atoms with Gasteiger partial charge in [0.1, 0.15) is 5.75 Å². The number of aryl methyl sites for hydroxylation is 3. The number of carbonyl (C=O) groups is 1. The lowest BCUT2D eigenvalue weighted by atomic mass is 9.93. The largest absolute Gasteiger partial charge is 0.484 e. The summed E-state index contributed by atoms with van der Waals surface area (Å²) < 4.78 is 5.59. The summed E-state index contributed by atoms with van der Waals surface area (Å²) in [4.78, 5) is 17.9. The van der Waals surface area contributed by atoms with Crippen LogP contribution in [0, 0.1) is 19.8 Å². The first-order valence-electron chi connectivity index (χ1n) is 7.99. The molecule has 1 aliphatic carbocycles. The van der Waals surface area contributed by atoms with E-state index in [0.29, 0.717) is 11.0 Å². The molecule has 4 nitrogen and oxygen atoms in total. The summed E-state index contributed by atoms with van der Waals surface area (Å²) in [5.74, 6) is 1.27. The van der Waals surface area contributed by atoms with Gasteiger partial charge in [-0.2, -0.15) is 0 Å². The van der Waals surface area contributed by atoms with Gasteiger partial charge in [0.15, 0.2) is 11.7 Å². The molecule has 3 rings (SSSR count). The second kappa shape index (κ2) is 6.71. The van der Waals surface area contributed by atoms with E-state index in [4.69, 9.17) is 4.74 Å². The van der Waals surface area contributed by atoms with Crippen LogP contribution >= 0.6 is 11.3 Å². The van der Waals surface area contributed by atoms with Gasteiger partial charge in [-0.25, -0.2) is 4.98 Å². The smallest absolute Gasteiger partial charge is 0.264 e. The fraction of sp³-hybridized carbons (Fsp3) is 0.444. The van der Waals surface area contributed by atoms with Crippen molar-refractivity contribution in [2.45, 2.75) is 40.0 Å². The maximum Gasteiger partial charge on any atom is 0.264 e. The van der Waals surface area contributed by atoms with E-state index in [-0.39, 0.29) is 12.5 Å². The maximum absolute atomic E-state index is 12.1. The number of aromatic nitrogens is 1.